The molecule has 0 saturated carbocycles. The molecule has 1 amide bonds. The van der Waals surface area contributed by atoms with Crippen LogP contribution in [0.3, 0.4) is 0 Å². The van der Waals surface area contributed by atoms with Crippen molar-refractivity contribution in [1.29, 1.82) is 0 Å². The SMILES string of the molecule is CCOC(=O)c1cnn(C)c1NC(=O)CN(Cc1cccc(F)c1)CC1CCCO1. The molecular formula is C21H27FN4O4. The lowest BCUT2D eigenvalue weighted by Gasteiger charge is -2.25. The Balaban J connectivity index is 1.69. The summed E-state index contributed by atoms with van der Waals surface area (Å²) in [5.74, 6) is -0.889. The Kier molecular flexibility index (Phi) is 7.53. The minimum absolute atomic E-state index is 0.0400. The van der Waals surface area contributed by atoms with Crippen molar-refractivity contribution < 1.29 is 23.5 Å². The quantitative estimate of drug-likeness (QED) is 0.630. The van der Waals surface area contributed by atoms with Gasteiger partial charge in [-0.2, -0.15) is 5.10 Å². The van der Waals surface area contributed by atoms with E-state index in [9.17, 15) is 14.0 Å². The Morgan fingerprint density at radius 1 is 1.43 bits per heavy atom. The van der Waals surface area contributed by atoms with Gasteiger partial charge in [0.1, 0.15) is 17.2 Å². The van der Waals surface area contributed by atoms with Crippen LogP contribution < -0.4 is 5.32 Å². The summed E-state index contributed by atoms with van der Waals surface area (Å²) in [6, 6.07) is 6.32. The van der Waals surface area contributed by atoms with E-state index < -0.39 is 5.97 Å². The second-order valence-electron chi connectivity index (χ2n) is 7.23. The molecule has 2 aromatic rings. The van der Waals surface area contributed by atoms with Crippen LogP contribution in [0.5, 0.6) is 0 Å². The number of nitrogens with one attached hydrogen (secondary N) is 1. The van der Waals surface area contributed by atoms with Crippen molar-refractivity contribution in [2.75, 3.05) is 31.6 Å². The molecule has 1 N–H and O–H groups in total. The molecule has 1 aromatic carbocycles. The van der Waals surface area contributed by atoms with Gasteiger partial charge in [0, 0.05) is 26.7 Å². The number of anilines is 1. The van der Waals surface area contributed by atoms with Crippen LogP contribution >= 0.6 is 0 Å². The fraction of sp³-hybridized carbons (Fsp3) is 0.476. The van der Waals surface area contributed by atoms with Crippen LogP contribution in [-0.2, 0) is 27.9 Å². The summed E-state index contributed by atoms with van der Waals surface area (Å²) in [5, 5.41) is 6.79. The Bertz CT molecular complexity index is 880. The second-order valence-corrected chi connectivity index (χ2v) is 7.23. The molecule has 0 bridgehead atoms. The van der Waals surface area contributed by atoms with Gasteiger partial charge in [-0.3, -0.25) is 14.4 Å². The van der Waals surface area contributed by atoms with Gasteiger partial charge in [0.05, 0.1) is 25.5 Å². The molecule has 1 aliphatic rings. The molecule has 162 valence electrons. The van der Waals surface area contributed by atoms with Gasteiger partial charge in [-0.05, 0) is 37.5 Å². The maximum Gasteiger partial charge on any atom is 0.343 e. The van der Waals surface area contributed by atoms with Gasteiger partial charge in [-0.1, -0.05) is 12.1 Å². The number of halogens is 1. The zero-order valence-corrected chi connectivity index (χ0v) is 17.3. The first-order chi connectivity index (χ1) is 14.5. The van der Waals surface area contributed by atoms with E-state index in [4.69, 9.17) is 9.47 Å². The summed E-state index contributed by atoms with van der Waals surface area (Å²) in [6.45, 7) is 3.67. The van der Waals surface area contributed by atoms with Crippen LogP contribution in [-0.4, -0.2) is 59.0 Å². The van der Waals surface area contributed by atoms with E-state index in [0.29, 0.717) is 19.7 Å². The zero-order valence-electron chi connectivity index (χ0n) is 17.3. The number of carbonyl (C=O) groups excluding carboxylic acids is 2. The van der Waals surface area contributed by atoms with E-state index in [0.717, 1.165) is 18.4 Å². The molecule has 0 radical (unpaired) electrons. The maximum atomic E-state index is 13.6. The Labute approximate surface area is 174 Å². The third-order valence-electron chi connectivity index (χ3n) is 4.84. The first kappa shape index (κ1) is 21.9. The number of aryl methyl sites for hydroxylation is 1. The Hall–Kier alpha value is -2.78. The van der Waals surface area contributed by atoms with Crippen molar-refractivity contribution in [3.05, 3.63) is 47.4 Å². The number of amides is 1. The largest absolute Gasteiger partial charge is 0.462 e. The zero-order chi connectivity index (χ0) is 21.5. The van der Waals surface area contributed by atoms with Gasteiger partial charge in [0.2, 0.25) is 5.91 Å². The molecule has 8 nitrogen and oxygen atoms in total. The molecule has 1 aliphatic heterocycles. The summed E-state index contributed by atoms with van der Waals surface area (Å²) < 4.78 is 25.7. The normalized spacial score (nSPS) is 16.1. The van der Waals surface area contributed by atoms with Crippen LogP contribution in [0.25, 0.3) is 0 Å². The summed E-state index contributed by atoms with van der Waals surface area (Å²) >= 11 is 0. The minimum Gasteiger partial charge on any atom is -0.462 e. The van der Waals surface area contributed by atoms with Crippen molar-refractivity contribution in [2.24, 2.45) is 7.05 Å². The molecule has 1 saturated heterocycles. The highest BCUT2D eigenvalue weighted by atomic mass is 19.1. The molecule has 2 heterocycles. The van der Waals surface area contributed by atoms with Gasteiger partial charge in [-0.15, -0.1) is 0 Å². The fourth-order valence-corrected chi connectivity index (χ4v) is 3.47. The monoisotopic (exact) mass is 418 g/mol. The summed E-state index contributed by atoms with van der Waals surface area (Å²) in [6.07, 6.45) is 3.32. The Morgan fingerprint density at radius 2 is 2.27 bits per heavy atom. The number of esters is 1. The molecule has 3 rings (SSSR count). The van der Waals surface area contributed by atoms with Gasteiger partial charge < -0.3 is 14.8 Å². The van der Waals surface area contributed by atoms with Crippen LogP contribution in [0.4, 0.5) is 10.2 Å². The fourth-order valence-electron chi connectivity index (χ4n) is 3.47. The molecule has 1 fully saturated rings. The number of carbonyl (C=O) groups is 2. The van der Waals surface area contributed by atoms with Crippen molar-refractivity contribution in [3.63, 3.8) is 0 Å². The third-order valence-corrected chi connectivity index (χ3v) is 4.84. The highest BCUT2D eigenvalue weighted by Crippen LogP contribution is 2.18. The lowest BCUT2D eigenvalue weighted by atomic mass is 10.1. The van der Waals surface area contributed by atoms with Crippen molar-refractivity contribution in [2.45, 2.75) is 32.4 Å². The van der Waals surface area contributed by atoms with Crippen LogP contribution in [0, 0.1) is 5.82 Å². The van der Waals surface area contributed by atoms with Gasteiger partial charge >= 0.3 is 5.97 Å². The van der Waals surface area contributed by atoms with E-state index >= 15 is 0 Å². The van der Waals surface area contributed by atoms with E-state index in [2.05, 4.69) is 10.4 Å². The predicted octanol–water partition coefficient (Wildman–Crippen LogP) is 2.36. The summed E-state index contributed by atoms with van der Waals surface area (Å²) in [4.78, 5) is 26.8. The molecule has 1 aromatic heterocycles. The average molecular weight is 418 g/mol. The number of ether oxygens (including phenoxy) is 2. The highest BCUT2D eigenvalue weighted by Gasteiger charge is 2.23. The predicted molar refractivity (Wildman–Crippen MR) is 108 cm³/mol. The van der Waals surface area contributed by atoms with E-state index in [1.54, 1.807) is 20.0 Å². The van der Waals surface area contributed by atoms with Crippen molar-refractivity contribution in [3.8, 4) is 0 Å². The third kappa shape index (κ3) is 5.87. The highest BCUT2D eigenvalue weighted by molar-refractivity contribution is 6.00. The van der Waals surface area contributed by atoms with E-state index in [-0.39, 0.29) is 42.4 Å². The standard InChI is InChI=1S/C21H27FN4O4/c1-3-29-21(28)18-11-23-25(2)20(18)24-19(27)14-26(13-17-8-5-9-30-17)12-15-6-4-7-16(22)10-15/h4,6-7,10-11,17H,3,5,8-9,12-14H2,1-2H3,(H,24,27). The minimum atomic E-state index is -0.545. The maximum absolute atomic E-state index is 13.6. The number of hydrogen-bond donors (Lipinski definition) is 1. The molecular weight excluding hydrogens is 391 g/mol. The number of hydrogen-bond acceptors (Lipinski definition) is 6. The van der Waals surface area contributed by atoms with Crippen molar-refractivity contribution >= 4 is 17.7 Å². The summed E-state index contributed by atoms with van der Waals surface area (Å²) in [7, 11) is 1.63. The van der Waals surface area contributed by atoms with Crippen LogP contribution in [0.1, 0.15) is 35.7 Å². The first-order valence-electron chi connectivity index (χ1n) is 10.0. The molecule has 0 spiro atoms. The first-order valence-corrected chi connectivity index (χ1v) is 10.0. The molecule has 9 heteroatoms. The van der Waals surface area contributed by atoms with E-state index in [1.807, 2.05) is 11.0 Å². The van der Waals surface area contributed by atoms with Gasteiger partial charge in [-0.25, -0.2) is 9.18 Å². The number of aromatic nitrogens is 2. The average Bonchev–Trinajstić information content (AvgIpc) is 3.32. The van der Waals surface area contributed by atoms with E-state index in [1.165, 1.54) is 23.0 Å². The molecule has 1 unspecified atom stereocenters. The molecule has 0 aliphatic carbocycles. The molecule has 30 heavy (non-hydrogen) atoms. The van der Waals surface area contributed by atoms with Gasteiger partial charge in [0.25, 0.3) is 0 Å². The van der Waals surface area contributed by atoms with Gasteiger partial charge in [0.15, 0.2) is 0 Å². The Morgan fingerprint density at radius 3 is 2.97 bits per heavy atom. The number of rotatable bonds is 9. The number of benzene rings is 1. The smallest absolute Gasteiger partial charge is 0.343 e. The van der Waals surface area contributed by atoms with Crippen molar-refractivity contribution in [1.82, 2.24) is 14.7 Å². The second kappa shape index (κ2) is 10.3. The topological polar surface area (TPSA) is 85.7 Å². The summed E-state index contributed by atoms with van der Waals surface area (Å²) in [5.41, 5.74) is 0.969. The van der Waals surface area contributed by atoms with Crippen LogP contribution in [0.2, 0.25) is 0 Å². The lowest BCUT2D eigenvalue weighted by molar-refractivity contribution is -0.117. The lowest BCUT2D eigenvalue weighted by Crippen LogP contribution is -2.38. The number of nitrogens with zero attached hydrogens (tertiary/aromatic N) is 3. The molecule has 1 atom stereocenters. The van der Waals surface area contributed by atoms with Crippen LogP contribution in [0.15, 0.2) is 30.5 Å².